The van der Waals surface area contributed by atoms with Gasteiger partial charge in [-0.3, -0.25) is 4.11 Å². The Hall–Kier alpha value is -2.19. The first-order valence-corrected chi connectivity index (χ1v) is 9.78. The van der Waals surface area contributed by atoms with Crippen molar-refractivity contribution in [1.29, 1.82) is 0 Å². The van der Waals surface area contributed by atoms with Gasteiger partial charge in [0.05, 0.1) is 0 Å². The zero-order valence-electron chi connectivity index (χ0n) is 13.8. The summed E-state index contributed by atoms with van der Waals surface area (Å²) in [5.41, 5.74) is 3.28. The maximum atomic E-state index is 16.7. The summed E-state index contributed by atoms with van der Waals surface area (Å²) in [5.74, 6) is 0. The minimum absolute atomic E-state index is 0.814. The van der Waals surface area contributed by atoms with E-state index in [1.807, 2.05) is 93.6 Å². The van der Waals surface area contributed by atoms with Crippen LogP contribution in [0.15, 0.2) is 72.8 Å². The van der Waals surface area contributed by atoms with Gasteiger partial charge in [-0.1, -0.05) is 89.5 Å². The van der Waals surface area contributed by atoms with E-state index in [2.05, 4.69) is 0 Å². The van der Waals surface area contributed by atoms with Crippen molar-refractivity contribution in [2.24, 2.45) is 0 Å². The van der Waals surface area contributed by atoms with Gasteiger partial charge in [-0.25, -0.2) is 0 Å². The van der Waals surface area contributed by atoms with Crippen molar-refractivity contribution in [1.82, 2.24) is 0 Å². The molecule has 23 heavy (non-hydrogen) atoms. The topological polar surface area (TPSA) is 0 Å². The van der Waals surface area contributed by atoms with Gasteiger partial charge in [-0.05, 0) is 36.3 Å². The molecule has 3 aromatic rings. The minimum Gasteiger partial charge on any atom is -0.296 e. The average Bonchev–Trinajstić information content (AvgIpc) is 2.54. The first kappa shape index (κ1) is 15.7. The fourth-order valence-corrected chi connectivity index (χ4v) is 6.34. The molecule has 0 saturated carbocycles. The van der Waals surface area contributed by atoms with Crippen LogP contribution in [0.25, 0.3) is 0 Å². The molecule has 0 amide bonds. The molecule has 0 spiro atoms. The maximum Gasteiger partial charge on any atom is 0.339 e. The third kappa shape index (κ3) is 2.99. The molecule has 0 nitrogen and oxygen atoms in total. The third-order valence-electron chi connectivity index (χ3n) is 4.25. The van der Waals surface area contributed by atoms with E-state index in [4.69, 9.17) is 0 Å². The lowest BCUT2D eigenvalue weighted by molar-refractivity contribution is 0.841. The largest absolute Gasteiger partial charge is 0.339 e. The lowest BCUT2D eigenvalue weighted by Crippen LogP contribution is -2.64. The predicted octanol–water partition coefficient (Wildman–Crippen LogP) is 3.55. The molecule has 3 rings (SSSR count). The Morgan fingerprint density at radius 3 is 1.13 bits per heavy atom. The molecule has 0 unspecified atom stereocenters. The Balaban J connectivity index is 2.29. The number of hydrogen-bond acceptors (Lipinski definition) is 0. The molecule has 0 heterocycles. The highest BCUT2D eigenvalue weighted by molar-refractivity contribution is 7.06. The summed E-state index contributed by atoms with van der Waals surface area (Å²) >= 11 is 0. The van der Waals surface area contributed by atoms with Gasteiger partial charge in [0.1, 0.15) is 0 Å². The molecule has 0 aromatic heterocycles. The third-order valence-corrected chi connectivity index (χ3v) is 7.57. The van der Waals surface area contributed by atoms with Crippen LogP contribution in [0.1, 0.15) is 16.7 Å². The minimum atomic E-state index is -3.47. The fourth-order valence-electron chi connectivity index (χ4n) is 3.08. The molecule has 116 valence electrons. The van der Waals surface area contributed by atoms with Crippen LogP contribution in [-0.2, 0) is 0 Å². The lowest BCUT2D eigenvalue weighted by atomic mass is 10.2. The van der Waals surface area contributed by atoms with Crippen LogP contribution in [0.5, 0.6) is 0 Å². The van der Waals surface area contributed by atoms with Gasteiger partial charge < -0.3 is 0 Å². The van der Waals surface area contributed by atoms with E-state index in [1.54, 1.807) is 0 Å². The zero-order chi connectivity index (χ0) is 16.4. The van der Waals surface area contributed by atoms with Crippen molar-refractivity contribution < 1.29 is 4.11 Å². The van der Waals surface area contributed by atoms with Crippen molar-refractivity contribution in [3.05, 3.63) is 89.5 Å². The second kappa shape index (κ2) is 6.13. The summed E-state index contributed by atoms with van der Waals surface area (Å²) in [6.07, 6.45) is 0. The van der Waals surface area contributed by atoms with Crippen LogP contribution in [0.4, 0.5) is 4.11 Å². The van der Waals surface area contributed by atoms with Crippen LogP contribution >= 0.6 is 0 Å². The second-order valence-corrected chi connectivity index (χ2v) is 9.32. The number of hydrogen-bond donors (Lipinski definition) is 0. The van der Waals surface area contributed by atoms with E-state index in [0.29, 0.717) is 0 Å². The number of benzene rings is 3. The maximum absolute atomic E-state index is 16.7. The molecule has 0 aliphatic rings. The van der Waals surface area contributed by atoms with E-state index in [1.165, 1.54) is 0 Å². The molecule has 0 fully saturated rings. The van der Waals surface area contributed by atoms with E-state index in [-0.39, 0.29) is 0 Å². The van der Waals surface area contributed by atoms with Crippen LogP contribution in [-0.4, -0.2) is 8.41 Å². The van der Waals surface area contributed by atoms with Gasteiger partial charge >= 0.3 is 8.41 Å². The first-order chi connectivity index (χ1) is 11.0. The molecule has 3 aromatic carbocycles. The smallest absolute Gasteiger partial charge is 0.296 e. The Kier molecular flexibility index (Phi) is 4.18. The standard InChI is InChI=1S/C21H21FSi/c1-16-7-4-10-19(13-16)23(22,20-11-5-8-17(2)14-20)21-12-6-9-18(3)15-21/h4-15H,1-3H3. The molecule has 0 aliphatic carbocycles. The highest BCUT2D eigenvalue weighted by atomic mass is 28.4. The Morgan fingerprint density at radius 1 is 0.565 bits per heavy atom. The molecule has 0 saturated heterocycles. The summed E-state index contributed by atoms with van der Waals surface area (Å²) in [7, 11) is -3.47. The predicted molar refractivity (Wildman–Crippen MR) is 99.3 cm³/mol. The van der Waals surface area contributed by atoms with Gasteiger partial charge in [0, 0.05) is 0 Å². The van der Waals surface area contributed by atoms with Crippen LogP contribution in [0, 0.1) is 20.8 Å². The quantitative estimate of drug-likeness (QED) is 0.393. The fraction of sp³-hybridized carbons (Fsp3) is 0.143. The summed E-state index contributed by atoms with van der Waals surface area (Å²) in [5, 5.41) is 2.44. The first-order valence-electron chi connectivity index (χ1n) is 7.90. The normalized spacial score (nSPS) is 11.5. The van der Waals surface area contributed by atoms with Gasteiger partial charge in [0.15, 0.2) is 0 Å². The molecular weight excluding hydrogens is 299 g/mol. The highest BCUT2D eigenvalue weighted by Crippen LogP contribution is 2.12. The molecule has 0 radical (unpaired) electrons. The number of rotatable bonds is 3. The van der Waals surface area contributed by atoms with Gasteiger partial charge in [-0.2, -0.15) is 0 Å². The summed E-state index contributed by atoms with van der Waals surface area (Å²) in [4.78, 5) is 0. The molecule has 0 aliphatic heterocycles. The summed E-state index contributed by atoms with van der Waals surface area (Å²) in [6.45, 7) is 6.06. The van der Waals surface area contributed by atoms with Crippen molar-refractivity contribution in [2.75, 3.05) is 0 Å². The molecule has 0 atom stereocenters. The second-order valence-electron chi connectivity index (χ2n) is 6.27. The van der Waals surface area contributed by atoms with Crippen LogP contribution < -0.4 is 15.6 Å². The Labute approximate surface area is 138 Å². The zero-order valence-corrected chi connectivity index (χ0v) is 14.8. The van der Waals surface area contributed by atoms with Gasteiger partial charge in [0.25, 0.3) is 0 Å². The average molecular weight is 320 g/mol. The van der Waals surface area contributed by atoms with E-state index < -0.39 is 8.41 Å². The van der Waals surface area contributed by atoms with Gasteiger partial charge in [-0.15, -0.1) is 0 Å². The Bertz CT molecular complexity index is 728. The molecule has 2 heteroatoms. The van der Waals surface area contributed by atoms with E-state index >= 15 is 4.11 Å². The highest BCUT2D eigenvalue weighted by Gasteiger charge is 2.41. The summed E-state index contributed by atoms with van der Waals surface area (Å²) in [6, 6.07) is 23.7. The SMILES string of the molecule is Cc1cccc([Si](F)(c2cccc(C)c2)c2cccc(C)c2)c1. The van der Waals surface area contributed by atoms with E-state index in [9.17, 15) is 0 Å². The Morgan fingerprint density at radius 2 is 0.870 bits per heavy atom. The van der Waals surface area contributed by atoms with Crippen molar-refractivity contribution in [3.8, 4) is 0 Å². The monoisotopic (exact) mass is 320 g/mol. The lowest BCUT2D eigenvalue weighted by Gasteiger charge is -2.25. The van der Waals surface area contributed by atoms with Crippen LogP contribution in [0.3, 0.4) is 0 Å². The van der Waals surface area contributed by atoms with Crippen molar-refractivity contribution in [2.45, 2.75) is 20.8 Å². The summed E-state index contributed by atoms with van der Waals surface area (Å²) < 4.78 is 16.7. The number of halogens is 1. The van der Waals surface area contributed by atoms with Crippen LogP contribution in [0.2, 0.25) is 0 Å². The number of aryl methyl sites for hydroxylation is 3. The molecular formula is C21H21FSi. The molecule has 0 N–H and O–H groups in total. The van der Waals surface area contributed by atoms with Gasteiger partial charge in [0.2, 0.25) is 0 Å². The molecule has 0 bridgehead atoms. The van der Waals surface area contributed by atoms with E-state index in [0.717, 1.165) is 32.3 Å². The van der Waals surface area contributed by atoms with Crippen molar-refractivity contribution >= 4 is 24.0 Å². The van der Waals surface area contributed by atoms with Crippen molar-refractivity contribution in [3.63, 3.8) is 0 Å².